The van der Waals surface area contributed by atoms with Crippen LogP contribution in [0.15, 0.2) is 30.3 Å². The average Bonchev–Trinajstić information content (AvgIpc) is 2.71. The number of carbonyl (C=O) groups excluding carboxylic acids is 2. The van der Waals surface area contributed by atoms with Gasteiger partial charge in [0.05, 0.1) is 10.6 Å². The molecule has 1 aromatic carbocycles. The van der Waals surface area contributed by atoms with Gasteiger partial charge in [0.25, 0.3) is 5.91 Å². The van der Waals surface area contributed by atoms with Gasteiger partial charge in [-0.1, -0.05) is 29.5 Å². The normalized spacial score (nSPS) is 10.1. The largest absolute Gasteiger partial charge is 0.298 e. The summed E-state index contributed by atoms with van der Waals surface area (Å²) in [7, 11) is 0. The Labute approximate surface area is 109 Å². The highest BCUT2D eigenvalue weighted by Crippen LogP contribution is 2.23. The number of benzene rings is 1. The van der Waals surface area contributed by atoms with E-state index in [0.29, 0.717) is 21.3 Å². The predicted octanol–water partition coefficient (Wildman–Crippen LogP) is 2.91. The molecule has 1 aromatic heterocycles. The number of hydrogen-bond acceptors (Lipinski definition) is 4. The molecule has 4 nitrogen and oxygen atoms in total. The molecule has 0 bridgehead atoms. The molecular weight excluding hydrogens is 248 g/mol. The zero-order valence-corrected chi connectivity index (χ0v) is 10.9. The summed E-state index contributed by atoms with van der Waals surface area (Å²) >= 11 is 1.20. The predicted molar refractivity (Wildman–Crippen MR) is 71.3 cm³/mol. The third-order valence-corrected chi connectivity index (χ3v) is 3.55. The van der Waals surface area contributed by atoms with Gasteiger partial charge in [0.2, 0.25) is 0 Å². The molecule has 1 heterocycles. The smallest absolute Gasteiger partial charge is 0.257 e. The molecule has 0 spiro atoms. The molecule has 0 aliphatic carbocycles. The maximum Gasteiger partial charge on any atom is 0.257 e. The van der Waals surface area contributed by atoms with Crippen molar-refractivity contribution in [1.29, 1.82) is 0 Å². The lowest BCUT2D eigenvalue weighted by atomic mass is 10.2. The van der Waals surface area contributed by atoms with Crippen LogP contribution in [0, 0.1) is 6.92 Å². The maximum atomic E-state index is 11.9. The molecule has 0 unspecified atom stereocenters. The number of Topliss-reactive ketones (excluding diaryl/α,β-unsaturated/α-hetero) is 1. The van der Waals surface area contributed by atoms with Gasteiger partial charge in [0, 0.05) is 12.5 Å². The second-order valence-electron chi connectivity index (χ2n) is 3.81. The van der Waals surface area contributed by atoms with Crippen LogP contribution in [0.2, 0.25) is 0 Å². The monoisotopic (exact) mass is 260 g/mol. The van der Waals surface area contributed by atoms with Crippen molar-refractivity contribution in [3.63, 3.8) is 0 Å². The summed E-state index contributed by atoms with van der Waals surface area (Å²) in [5.41, 5.74) is 1.21. The second-order valence-corrected chi connectivity index (χ2v) is 4.81. The van der Waals surface area contributed by atoms with Gasteiger partial charge in [-0.05, 0) is 19.1 Å². The fraction of sp³-hybridized carbons (Fsp3) is 0.154. The van der Waals surface area contributed by atoms with Crippen LogP contribution >= 0.6 is 11.3 Å². The molecule has 92 valence electrons. The number of hydrogen-bond donors (Lipinski definition) is 1. The highest BCUT2D eigenvalue weighted by molar-refractivity contribution is 7.17. The summed E-state index contributed by atoms with van der Waals surface area (Å²) in [5, 5.41) is 3.14. The summed E-state index contributed by atoms with van der Waals surface area (Å²) in [6.45, 7) is 3.24. The van der Waals surface area contributed by atoms with E-state index < -0.39 is 0 Å². The Morgan fingerprint density at radius 2 is 1.89 bits per heavy atom. The first-order chi connectivity index (χ1) is 8.58. The van der Waals surface area contributed by atoms with Gasteiger partial charge in [-0.2, -0.15) is 0 Å². The summed E-state index contributed by atoms with van der Waals surface area (Å²) in [4.78, 5) is 27.9. The van der Waals surface area contributed by atoms with E-state index in [9.17, 15) is 9.59 Å². The summed E-state index contributed by atoms with van der Waals surface area (Å²) in [5.74, 6) is -0.260. The van der Waals surface area contributed by atoms with Crippen molar-refractivity contribution in [1.82, 2.24) is 4.98 Å². The van der Waals surface area contributed by atoms with Crippen molar-refractivity contribution < 1.29 is 9.59 Å². The number of ketones is 1. The van der Waals surface area contributed by atoms with E-state index >= 15 is 0 Å². The molecule has 0 aliphatic heterocycles. The lowest BCUT2D eigenvalue weighted by Crippen LogP contribution is -2.11. The van der Waals surface area contributed by atoms with E-state index in [2.05, 4.69) is 10.3 Å². The van der Waals surface area contributed by atoms with Gasteiger partial charge in [-0.15, -0.1) is 0 Å². The van der Waals surface area contributed by atoms with Crippen molar-refractivity contribution >= 4 is 28.2 Å². The van der Waals surface area contributed by atoms with Crippen LogP contribution in [-0.4, -0.2) is 16.7 Å². The molecule has 2 aromatic rings. The molecule has 0 aliphatic rings. The number of thiazole rings is 1. The summed E-state index contributed by atoms with van der Waals surface area (Å²) in [6, 6.07) is 8.88. The van der Waals surface area contributed by atoms with Gasteiger partial charge in [0.15, 0.2) is 10.9 Å². The van der Waals surface area contributed by atoms with Crippen LogP contribution in [-0.2, 0) is 0 Å². The SMILES string of the molecule is CC(=O)c1sc(NC(=O)c2ccccc2)nc1C. The fourth-order valence-corrected chi connectivity index (χ4v) is 2.39. The fourth-order valence-electron chi connectivity index (χ4n) is 1.54. The van der Waals surface area contributed by atoms with E-state index in [1.165, 1.54) is 18.3 Å². The summed E-state index contributed by atoms with van der Waals surface area (Å²) in [6.07, 6.45) is 0. The number of nitrogens with zero attached hydrogens (tertiary/aromatic N) is 1. The minimum Gasteiger partial charge on any atom is -0.298 e. The molecule has 0 saturated carbocycles. The second kappa shape index (κ2) is 5.10. The van der Waals surface area contributed by atoms with Crippen LogP contribution in [0.5, 0.6) is 0 Å². The number of anilines is 1. The minimum atomic E-state index is -0.223. The Bertz CT molecular complexity index is 590. The molecule has 1 amide bonds. The number of rotatable bonds is 3. The third kappa shape index (κ3) is 2.62. The highest BCUT2D eigenvalue weighted by Gasteiger charge is 2.13. The Balaban J connectivity index is 2.18. The van der Waals surface area contributed by atoms with Gasteiger partial charge < -0.3 is 0 Å². The number of nitrogens with one attached hydrogen (secondary N) is 1. The Morgan fingerprint density at radius 1 is 1.22 bits per heavy atom. The van der Waals surface area contributed by atoms with E-state index in [0.717, 1.165) is 0 Å². The Kier molecular flexibility index (Phi) is 3.53. The molecule has 0 fully saturated rings. The zero-order chi connectivity index (χ0) is 13.1. The van der Waals surface area contributed by atoms with Crippen LogP contribution in [0.3, 0.4) is 0 Å². The van der Waals surface area contributed by atoms with Crippen molar-refractivity contribution in [2.75, 3.05) is 5.32 Å². The van der Waals surface area contributed by atoms with Crippen LogP contribution in [0.1, 0.15) is 32.6 Å². The molecule has 18 heavy (non-hydrogen) atoms. The molecule has 1 N–H and O–H groups in total. The van der Waals surface area contributed by atoms with Crippen LogP contribution in [0.4, 0.5) is 5.13 Å². The Morgan fingerprint density at radius 3 is 2.44 bits per heavy atom. The third-order valence-electron chi connectivity index (χ3n) is 2.37. The van der Waals surface area contributed by atoms with E-state index in [1.807, 2.05) is 6.07 Å². The molecule has 0 atom stereocenters. The number of amides is 1. The zero-order valence-electron chi connectivity index (χ0n) is 10.1. The van der Waals surface area contributed by atoms with Crippen LogP contribution < -0.4 is 5.32 Å². The lowest BCUT2D eigenvalue weighted by molar-refractivity contribution is 0.101. The van der Waals surface area contributed by atoms with Crippen LogP contribution in [0.25, 0.3) is 0 Å². The lowest BCUT2D eigenvalue weighted by Gasteiger charge is -2.00. The van der Waals surface area contributed by atoms with Crippen molar-refractivity contribution in [2.45, 2.75) is 13.8 Å². The highest BCUT2D eigenvalue weighted by atomic mass is 32.1. The number of carbonyl (C=O) groups is 2. The number of aryl methyl sites for hydroxylation is 1. The molecule has 0 saturated heterocycles. The maximum absolute atomic E-state index is 11.9. The van der Waals surface area contributed by atoms with Crippen molar-refractivity contribution in [3.8, 4) is 0 Å². The van der Waals surface area contributed by atoms with Crippen molar-refractivity contribution in [3.05, 3.63) is 46.5 Å². The van der Waals surface area contributed by atoms with Crippen molar-refractivity contribution in [2.24, 2.45) is 0 Å². The van der Waals surface area contributed by atoms with E-state index in [1.54, 1.807) is 31.2 Å². The first-order valence-corrected chi connectivity index (χ1v) is 6.24. The first-order valence-electron chi connectivity index (χ1n) is 5.42. The molecule has 5 heteroatoms. The standard InChI is InChI=1S/C13H12N2O2S/c1-8-11(9(2)16)18-13(14-8)15-12(17)10-6-4-3-5-7-10/h3-7H,1-2H3,(H,14,15,17). The summed E-state index contributed by atoms with van der Waals surface area (Å²) < 4.78 is 0. The topological polar surface area (TPSA) is 59.1 Å². The minimum absolute atomic E-state index is 0.0368. The average molecular weight is 260 g/mol. The number of aromatic nitrogens is 1. The van der Waals surface area contributed by atoms with E-state index in [4.69, 9.17) is 0 Å². The molecule has 0 radical (unpaired) electrons. The quantitative estimate of drug-likeness (QED) is 0.863. The van der Waals surface area contributed by atoms with Gasteiger partial charge >= 0.3 is 0 Å². The first kappa shape index (κ1) is 12.4. The molecule has 2 rings (SSSR count). The van der Waals surface area contributed by atoms with Gasteiger partial charge in [-0.25, -0.2) is 4.98 Å². The Hall–Kier alpha value is -2.01. The van der Waals surface area contributed by atoms with Gasteiger partial charge in [-0.3, -0.25) is 14.9 Å². The van der Waals surface area contributed by atoms with E-state index in [-0.39, 0.29) is 11.7 Å². The molecular formula is C13H12N2O2S. The van der Waals surface area contributed by atoms with Gasteiger partial charge in [0.1, 0.15) is 0 Å².